The monoisotopic (exact) mass is 546 g/mol. The van der Waals surface area contributed by atoms with Gasteiger partial charge in [-0.25, -0.2) is 0 Å². The van der Waals surface area contributed by atoms with E-state index < -0.39 is 118 Å². The van der Waals surface area contributed by atoms with E-state index in [2.05, 4.69) is 0 Å². The molecule has 3 fully saturated rings. The van der Waals surface area contributed by atoms with Gasteiger partial charge in [-0.05, 0) is 0 Å². The molecule has 0 amide bonds. The summed E-state index contributed by atoms with van der Waals surface area (Å²) in [5.41, 5.74) is 0. The molecule has 15 atom stereocenters. The van der Waals surface area contributed by atoms with Gasteiger partial charge in [-0.1, -0.05) is 0 Å². The molecular weight excluding hydrogens is 512 g/mol. The molecule has 0 bridgehead atoms. The second-order valence-electron chi connectivity index (χ2n) is 8.95. The van der Waals surface area contributed by atoms with E-state index in [0.717, 1.165) is 6.92 Å². The van der Waals surface area contributed by atoms with E-state index in [1.165, 1.54) is 0 Å². The van der Waals surface area contributed by atoms with Crippen LogP contribution in [0.1, 0.15) is 6.92 Å². The first-order valence-corrected chi connectivity index (χ1v) is 11.5. The Morgan fingerprint density at radius 2 is 1.19 bits per heavy atom. The van der Waals surface area contributed by atoms with Gasteiger partial charge in [-0.3, -0.25) is 4.79 Å². The lowest BCUT2D eigenvalue weighted by Crippen LogP contribution is -2.66. The largest absolute Gasteiger partial charge is 0.463 e. The van der Waals surface area contributed by atoms with Crippen molar-refractivity contribution in [1.29, 1.82) is 0 Å². The van der Waals surface area contributed by atoms with Gasteiger partial charge in [0.15, 0.2) is 18.9 Å². The number of carbonyl (C=O) groups excluding carboxylic acids is 1. The van der Waals surface area contributed by atoms with Crippen molar-refractivity contribution in [2.24, 2.45) is 0 Å². The van der Waals surface area contributed by atoms with E-state index in [-0.39, 0.29) is 0 Å². The topological polar surface area (TPSA) is 275 Å². The van der Waals surface area contributed by atoms with E-state index in [1.807, 2.05) is 0 Å². The van der Waals surface area contributed by atoms with Crippen molar-refractivity contribution >= 4 is 5.97 Å². The quantitative estimate of drug-likeness (QED) is 0.127. The molecule has 0 aromatic carbocycles. The third-order valence-corrected chi connectivity index (χ3v) is 6.36. The molecule has 3 rings (SSSR count). The van der Waals surface area contributed by atoms with Gasteiger partial charge in [0, 0.05) is 6.92 Å². The number of rotatable bonds is 8. The van der Waals surface area contributed by atoms with Crippen molar-refractivity contribution in [3.8, 4) is 0 Å². The number of aliphatic hydroxyl groups excluding tert-OH is 10. The van der Waals surface area contributed by atoms with Crippen LogP contribution in [0.4, 0.5) is 0 Å². The maximum absolute atomic E-state index is 11.3. The fraction of sp³-hybridized carbons (Fsp3) is 0.950. The fourth-order valence-corrected chi connectivity index (χ4v) is 4.24. The van der Waals surface area contributed by atoms with Crippen LogP contribution in [0.5, 0.6) is 0 Å². The molecule has 3 aliphatic rings. The van der Waals surface area contributed by atoms with Gasteiger partial charge >= 0.3 is 5.97 Å². The molecule has 17 heteroatoms. The number of hydrogen-bond donors (Lipinski definition) is 10. The minimum atomic E-state index is -1.94. The number of ether oxygens (including phenoxy) is 6. The zero-order valence-corrected chi connectivity index (χ0v) is 19.6. The molecule has 1 unspecified atom stereocenters. The van der Waals surface area contributed by atoms with Crippen LogP contribution in [-0.4, -0.2) is 169 Å². The third-order valence-electron chi connectivity index (χ3n) is 6.36. The van der Waals surface area contributed by atoms with Crippen LogP contribution in [0, 0.1) is 0 Å². The molecule has 216 valence electrons. The maximum Gasteiger partial charge on any atom is 0.302 e. The highest BCUT2D eigenvalue weighted by molar-refractivity contribution is 5.65. The van der Waals surface area contributed by atoms with Gasteiger partial charge in [0.05, 0.1) is 13.2 Å². The number of aliphatic hydroxyl groups is 10. The Morgan fingerprint density at radius 1 is 0.622 bits per heavy atom. The van der Waals surface area contributed by atoms with E-state index in [1.54, 1.807) is 0 Å². The Bertz CT molecular complexity index is 738. The Balaban J connectivity index is 1.83. The summed E-state index contributed by atoms with van der Waals surface area (Å²) in [4.78, 5) is 11.3. The zero-order chi connectivity index (χ0) is 27.6. The van der Waals surface area contributed by atoms with Crippen molar-refractivity contribution in [2.75, 3.05) is 19.8 Å². The van der Waals surface area contributed by atoms with Gasteiger partial charge in [0.25, 0.3) is 0 Å². The smallest absolute Gasteiger partial charge is 0.302 e. The van der Waals surface area contributed by atoms with Gasteiger partial charge in [-0.15, -0.1) is 0 Å². The minimum absolute atomic E-state index is 0.577. The van der Waals surface area contributed by atoms with Gasteiger partial charge in [-0.2, -0.15) is 0 Å². The molecule has 0 radical (unpaired) electrons. The molecule has 3 aliphatic heterocycles. The summed E-state index contributed by atoms with van der Waals surface area (Å²) in [6.07, 6.45) is -25.8. The summed E-state index contributed by atoms with van der Waals surface area (Å²) in [7, 11) is 0. The van der Waals surface area contributed by atoms with Crippen molar-refractivity contribution < 1.29 is 84.3 Å². The molecule has 0 aliphatic carbocycles. The highest BCUT2D eigenvalue weighted by atomic mass is 16.7. The van der Waals surface area contributed by atoms with Crippen LogP contribution in [0.25, 0.3) is 0 Å². The second-order valence-corrected chi connectivity index (χ2v) is 8.95. The molecule has 3 heterocycles. The fourth-order valence-electron chi connectivity index (χ4n) is 4.24. The predicted octanol–water partition coefficient (Wildman–Crippen LogP) is -7.00. The van der Waals surface area contributed by atoms with Crippen LogP contribution in [0.2, 0.25) is 0 Å². The lowest BCUT2D eigenvalue weighted by molar-refractivity contribution is -0.378. The SMILES string of the molecule is CC(=O)OC[C@H]1O[C@@H](O[C@H]2[C@H](O)[C@@H](O)C(O)O[C@@H]2CO)[C@H](O)[C@@H](O[C@H]2O[C@H](CO)[C@H](O)[C@H](O)[C@H]2O)[C@H]1O. The first kappa shape index (κ1) is 30.4. The molecule has 3 saturated heterocycles. The Morgan fingerprint density at radius 3 is 1.78 bits per heavy atom. The summed E-state index contributed by atoms with van der Waals surface area (Å²) >= 11 is 0. The minimum Gasteiger partial charge on any atom is -0.463 e. The maximum atomic E-state index is 11.3. The standard InChI is InChI=1S/C20H34O17/c1-5(23)32-4-8-10(25)17(37-19-14(29)11(26)9(24)6(2-21)34-19)15(30)20(35-8)36-16-7(3-22)33-18(31)13(28)12(16)27/h6-22,24-31H,2-4H2,1H3/t6-,7-,8-,9+,10+,11+,12-,13-,14-,15-,16-,17+,18?,19-,20+/m1/s1. The number of esters is 1. The van der Waals surface area contributed by atoms with E-state index in [9.17, 15) is 55.9 Å². The lowest BCUT2D eigenvalue weighted by Gasteiger charge is -2.48. The van der Waals surface area contributed by atoms with Crippen LogP contribution in [0.3, 0.4) is 0 Å². The van der Waals surface area contributed by atoms with Crippen LogP contribution in [-0.2, 0) is 33.2 Å². The molecule has 0 aromatic rings. The van der Waals surface area contributed by atoms with Gasteiger partial charge in [0.1, 0.15) is 79.9 Å². The zero-order valence-electron chi connectivity index (χ0n) is 19.6. The number of carbonyl (C=O) groups is 1. The third kappa shape index (κ3) is 6.55. The first-order chi connectivity index (χ1) is 17.4. The van der Waals surface area contributed by atoms with Crippen molar-refractivity contribution in [1.82, 2.24) is 0 Å². The molecule has 37 heavy (non-hydrogen) atoms. The number of hydrogen-bond acceptors (Lipinski definition) is 17. The lowest BCUT2D eigenvalue weighted by atomic mass is 9.96. The highest BCUT2D eigenvalue weighted by Crippen LogP contribution is 2.32. The molecule has 17 nitrogen and oxygen atoms in total. The second kappa shape index (κ2) is 12.8. The summed E-state index contributed by atoms with van der Waals surface area (Å²) in [6.45, 7) is -1.07. The van der Waals surface area contributed by atoms with Gasteiger partial charge in [0.2, 0.25) is 0 Å². The van der Waals surface area contributed by atoms with Crippen molar-refractivity contribution in [3.05, 3.63) is 0 Å². The van der Waals surface area contributed by atoms with E-state index in [4.69, 9.17) is 28.4 Å². The average molecular weight is 546 g/mol. The Kier molecular flexibility index (Phi) is 10.5. The molecule has 0 saturated carbocycles. The summed E-state index contributed by atoms with van der Waals surface area (Å²) in [5, 5.41) is 101. The summed E-state index contributed by atoms with van der Waals surface area (Å²) in [5.74, 6) is -0.751. The molecule has 10 N–H and O–H groups in total. The average Bonchev–Trinajstić information content (AvgIpc) is 2.86. The van der Waals surface area contributed by atoms with Crippen LogP contribution in [0.15, 0.2) is 0 Å². The molecule has 0 aromatic heterocycles. The summed E-state index contributed by atoms with van der Waals surface area (Å²) in [6, 6.07) is 0. The normalized spacial score (nSPS) is 49.0. The summed E-state index contributed by atoms with van der Waals surface area (Å²) < 4.78 is 31.6. The van der Waals surface area contributed by atoms with Crippen molar-refractivity contribution in [2.45, 2.75) is 99.0 Å². The Labute approximate surface area is 209 Å². The van der Waals surface area contributed by atoms with E-state index in [0.29, 0.717) is 0 Å². The van der Waals surface area contributed by atoms with Gasteiger partial charge < -0.3 is 79.5 Å². The van der Waals surface area contributed by atoms with Crippen LogP contribution < -0.4 is 0 Å². The van der Waals surface area contributed by atoms with Crippen molar-refractivity contribution in [3.63, 3.8) is 0 Å². The molecular formula is C20H34O17. The first-order valence-electron chi connectivity index (χ1n) is 11.5. The van der Waals surface area contributed by atoms with E-state index >= 15 is 0 Å². The highest BCUT2D eigenvalue weighted by Gasteiger charge is 2.53. The van der Waals surface area contributed by atoms with Crippen LogP contribution >= 0.6 is 0 Å². The predicted molar refractivity (Wildman–Crippen MR) is 111 cm³/mol. The Hall–Kier alpha value is -1.13. The molecule has 0 spiro atoms.